The lowest BCUT2D eigenvalue weighted by Crippen LogP contribution is -2.26. The van der Waals surface area contributed by atoms with Gasteiger partial charge in [0.05, 0.1) is 36.7 Å². The predicted molar refractivity (Wildman–Crippen MR) is 121 cm³/mol. The third kappa shape index (κ3) is 7.55. The highest BCUT2D eigenvalue weighted by atomic mass is 35.5. The van der Waals surface area contributed by atoms with Crippen LogP contribution in [0, 0.1) is 6.92 Å². The standard InChI is InChI=1S/C21H24ClN7O3/c1-14-10-26-19(12-25-14)29-21(31)28-17-9-15(22)3-5-18(17)32-8-2-7-24-20(30)6-4-16-11-23-13-27-16/h3,5,9-13H,2,4,6-8H2,1H3,(H,23,27)(H,24,30)(H2,26,28,29,31). The molecule has 3 aromatic rings. The number of hydrogen-bond acceptors (Lipinski definition) is 6. The molecule has 11 heteroatoms. The summed E-state index contributed by atoms with van der Waals surface area (Å²) in [6, 6.07) is 4.43. The highest BCUT2D eigenvalue weighted by Gasteiger charge is 2.10. The van der Waals surface area contributed by atoms with Crippen LogP contribution in [0.3, 0.4) is 0 Å². The number of benzene rings is 1. The van der Waals surface area contributed by atoms with Crippen molar-refractivity contribution in [1.29, 1.82) is 0 Å². The number of halogens is 1. The number of aromatic nitrogens is 4. The Balaban J connectivity index is 1.42. The summed E-state index contributed by atoms with van der Waals surface area (Å²) in [5.41, 5.74) is 2.08. The zero-order valence-corrected chi connectivity index (χ0v) is 18.3. The molecule has 1 aromatic carbocycles. The van der Waals surface area contributed by atoms with Gasteiger partial charge in [0.1, 0.15) is 5.75 Å². The SMILES string of the molecule is Cc1cnc(NC(=O)Nc2cc(Cl)ccc2OCCCNC(=O)CCc2cnc[nH]2)cn1. The highest BCUT2D eigenvalue weighted by molar-refractivity contribution is 6.31. The van der Waals surface area contributed by atoms with Gasteiger partial charge in [-0.1, -0.05) is 11.6 Å². The molecular formula is C21H24ClN7O3. The molecule has 0 aliphatic heterocycles. The van der Waals surface area contributed by atoms with Gasteiger partial charge in [-0.05, 0) is 38.0 Å². The molecule has 32 heavy (non-hydrogen) atoms. The Kier molecular flexibility index (Phi) is 8.38. The Bertz CT molecular complexity index is 1030. The molecule has 3 rings (SSSR count). The molecule has 2 aromatic heterocycles. The number of carbonyl (C=O) groups excluding carboxylic acids is 2. The Morgan fingerprint density at radius 2 is 2.03 bits per heavy atom. The number of aryl methyl sites for hydroxylation is 2. The van der Waals surface area contributed by atoms with E-state index < -0.39 is 6.03 Å². The van der Waals surface area contributed by atoms with Crippen molar-refractivity contribution in [3.8, 4) is 5.75 Å². The molecule has 0 radical (unpaired) electrons. The first kappa shape index (κ1) is 23.0. The van der Waals surface area contributed by atoms with Crippen LogP contribution in [0.2, 0.25) is 5.02 Å². The van der Waals surface area contributed by atoms with Gasteiger partial charge < -0.3 is 20.4 Å². The third-order valence-corrected chi connectivity index (χ3v) is 4.52. The Morgan fingerprint density at radius 1 is 1.16 bits per heavy atom. The predicted octanol–water partition coefficient (Wildman–Crippen LogP) is 3.32. The minimum atomic E-state index is -0.500. The Morgan fingerprint density at radius 3 is 2.78 bits per heavy atom. The van der Waals surface area contributed by atoms with Crippen molar-refractivity contribution >= 4 is 35.0 Å². The van der Waals surface area contributed by atoms with Gasteiger partial charge in [-0.25, -0.2) is 14.8 Å². The summed E-state index contributed by atoms with van der Waals surface area (Å²) >= 11 is 6.06. The summed E-state index contributed by atoms with van der Waals surface area (Å²) in [6.07, 6.45) is 7.90. The van der Waals surface area contributed by atoms with Crippen LogP contribution >= 0.6 is 11.6 Å². The smallest absolute Gasteiger partial charge is 0.325 e. The summed E-state index contributed by atoms with van der Waals surface area (Å²) in [4.78, 5) is 39.2. The lowest BCUT2D eigenvalue weighted by atomic mass is 10.2. The number of H-pyrrole nitrogens is 1. The van der Waals surface area contributed by atoms with E-state index >= 15 is 0 Å². The van der Waals surface area contributed by atoms with E-state index in [-0.39, 0.29) is 5.91 Å². The molecular weight excluding hydrogens is 434 g/mol. The molecule has 3 amide bonds. The van der Waals surface area contributed by atoms with Gasteiger partial charge in [-0.15, -0.1) is 0 Å². The van der Waals surface area contributed by atoms with E-state index in [1.807, 2.05) is 0 Å². The van der Waals surface area contributed by atoms with Crippen LogP contribution in [0.25, 0.3) is 0 Å². The number of aromatic amines is 1. The molecule has 0 saturated heterocycles. The van der Waals surface area contributed by atoms with Crippen LogP contribution in [0.15, 0.2) is 43.1 Å². The fraction of sp³-hybridized carbons (Fsp3) is 0.286. The molecule has 0 aliphatic rings. The van der Waals surface area contributed by atoms with Gasteiger partial charge in [0, 0.05) is 29.9 Å². The number of ether oxygens (including phenoxy) is 1. The number of nitrogens with one attached hydrogen (secondary N) is 4. The summed E-state index contributed by atoms with van der Waals surface area (Å²) in [6.45, 7) is 2.63. The second-order valence-electron chi connectivity index (χ2n) is 6.89. The third-order valence-electron chi connectivity index (χ3n) is 4.29. The average Bonchev–Trinajstić information content (AvgIpc) is 3.29. The van der Waals surface area contributed by atoms with Crippen molar-refractivity contribution in [3.63, 3.8) is 0 Å². The molecule has 168 valence electrons. The molecule has 0 fully saturated rings. The normalized spacial score (nSPS) is 10.4. The molecule has 0 aliphatic carbocycles. The van der Waals surface area contributed by atoms with E-state index in [2.05, 4.69) is 35.9 Å². The molecule has 4 N–H and O–H groups in total. The van der Waals surface area contributed by atoms with Crippen molar-refractivity contribution in [2.24, 2.45) is 0 Å². The first-order valence-corrected chi connectivity index (χ1v) is 10.4. The lowest BCUT2D eigenvalue weighted by molar-refractivity contribution is -0.121. The number of rotatable bonds is 10. The first-order chi connectivity index (χ1) is 15.5. The van der Waals surface area contributed by atoms with Crippen molar-refractivity contribution < 1.29 is 14.3 Å². The van der Waals surface area contributed by atoms with Crippen LogP contribution in [0.1, 0.15) is 24.2 Å². The van der Waals surface area contributed by atoms with Crippen LogP contribution < -0.4 is 20.7 Å². The fourth-order valence-corrected chi connectivity index (χ4v) is 2.86. The number of anilines is 2. The molecule has 0 bridgehead atoms. The number of urea groups is 1. The topological polar surface area (TPSA) is 134 Å². The molecule has 2 heterocycles. The van der Waals surface area contributed by atoms with Gasteiger partial charge in [-0.3, -0.25) is 15.1 Å². The number of nitrogens with zero attached hydrogens (tertiary/aromatic N) is 3. The zero-order chi connectivity index (χ0) is 22.8. The van der Waals surface area contributed by atoms with E-state index in [0.717, 1.165) is 11.4 Å². The van der Waals surface area contributed by atoms with E-state index in [1.54, 1.807) is 43.8 Å². The minimum absolute atomic E-state index is 0.0377. The summed E-state index contributed by atoms with van der Waals surface area (Å²) in [5.74, 6) is 0.746. The van der Waals surface area contributed by atoms with Crippen LogP contribution in [-0.4, -0.2) is 45.0 Å². The molecule has 0 atom stereocenters. The van der Waals surface area contributed by atoms with Gasteiger partial charge >= 0.3 is 6.03 Å². The van der Waals surface area contributed by atoms with Crippen LogP contribution in [0.4, 0.5) is 16.3 Å². The average molecular weight is 458 g/mol. The second kappa shape index (κ2) is 11.7. The summed E-state index contributed by atoms with van der Waals surface area (Å²) < 4.78 is 5.77. The van der Waals surface area contributed by atoms with E-state index in [1.165, 1.54) is 6.20 Å². The minimum Gasteiger partial charge on any atom is -0.491 e. The number of carbonyl (C=O) groups is 2. The molecule has 0 spiro atoms. The van der Waals surface area contributed by atoms with Gasteiger partial charge in [0.2, 0.25) is 5.91 Å². The highest BCUT2D eigenvalue weighted by Crippen LogP contribution is 2.28. The summed E-state index contributed by atoms with van der Waals surface area (Å²) in [7, 11) is 0. The van der Waals surface area contributed by atoms with Crippen molar-refractivity contribution in [2.75, 3.05) is 23.8 Å². The van der Waals surface area contributed by atoms with E-state index in [9.17, 15) is 9.59 Å². The quantitative estimate of drug-likeness (QED) is 0.345. The largest absolute Gasteiger partial charge is 0.491 e. The second-order valence-corrected chi connectivity index (χ2v) is 7.33. The Labute approximate surface area is 190 Å². The maximum atomic E-state index is 12.3. The fourth-order valence-electron chi connectivity index (χ4n) is 2.69. The van der Waals surface area contributed by atoms with Crippen LogP contribution in [0.5, 0.6) is 5.75 Å². The summed E-state index contributed by atoms with van der Waals surface area (Å²) in [5, 5.41) is 8.60. The number of amides is 3. The Hall–Kier alpha value is -3.66. The number of hydrogen-bond donors (Lipinski definition) is 4. The first-order valence-electron chi connectivity index (χ1n) is 10.0. The maximum Gasteiger partial charge on any atom is 0.325 e. The van der Waals surface area contributed by atoms with Gasteiger partial charge in [-0.2, -0.15) is 0 Å². The van der Waals surface area contributed by atoms with Gasteiger partial charge in [0.15, 0.2) is 5.82 Å². The van der Waals surface area contributed by atoms with Gasteiger partial charge in [0.25, 0.3) is 0 Å². The lowest BCUT2D eigenvalue weighted by Gasteiger charge is -2.13. The molecule has 10 nitrogen and oxygen atoms in total. The zero-order valence-electron chi connectivity index (χ0n) is 17.5. The number of imidazole rings is 1. The van der Waals surface area contributed by atoms with E-state index in [4.69, 9.17) is 16.3 Å². The molecule has 0 saturated carbocycles. The maximum absolute atomic E-state index is 12.3. The van der Waals surface area contributed by atoms with E-state index in [0.29, 0.717) is 54.7 Å². The van der Waals surface area contributed by atoms with Crippen molar-refractivity contribution in [3.05, 3.63) is 59.5 Å². The monoisotopic (exact) mass is 457 g/mol. The molecule has 0 unspecified atom stereocenters. The van der Waals surface area contributed by atoms with Crippen LogP contribution in [-0.2, 0) is 11.2 Å². The van der Waals surface area contributed by atoms with Crippen molar-refractivity contribution in [1.82, 2.24) is 25.3 Å². The van der Waals surface area contributed by atoms with Crippen molar-refractivity contribution in [2.45, 2.75) is 26.2 Å².